The molecule has 1 aromatic heterocycles. The molecule has 18 heavy (non-hydrogen) atoms. The van der Waals surface area contributed by atoms with Crippen LogP contribution in [-0.4, -0.2) is 29.6 Å². The lowest BCUT2D eigenvalue weighted by molar-refractivity contribution is 0.472. The molecule has 1 aliphatic carbocycles. The summed E-state index contributed by atoms with van der Waals surface area (Å²) < 4.78 is 0. The molecule has 1 saturated carbocycles. The average Bonchev–Trinajstić information content (AvgIpc) is 2.86. The van der Waals surface area contributed by atoms with Crippen LogP contribution in [0.25, 0.3) is 0 Å². The van der Waals surface area contributed by atoms with Crippen LogP contribution in [0.2, 0.25) is 0 Å². The Kier molecular flexibility index (Phi) is 4.17. The zero-order valence-electron chi connectivity index (χ0n) is 11.6. The van der Waals surface area contributed by atoms with Crippen molar-refractivity contribution < 1.29 is 0 Å². The average molecular weight is 248 g/mol. The van der Waals surface area contributed by atoms with Crippen molar-refractivity contribution in [1.82, 2.24) is 9.97 Å². The van der Waals surface area contributed by atoms with E-state index in [1.807, 2.05) is 0 Å². The van der Waals surface area contributed by atoms with Crippen LogP contribution < -0.4 is 10.6 Å². The fraction of sp³-hybridized carbons (Fsp3) is 0.714. The fourth-order valence-corrected chi connectivity index (χ4v) is 2.84. The molecule has 2 rings (SSSR count). The molecular weight excluding hydrogens is 224 g/mol. The van der Waals surface area contributed by atoms with E-state index in [-0.39, 0.29) is 0 Å². The van der Waals surface area contributed by atoms with Crippen molar-refractivity contribution in [2.24, 2.45) is 11.7 Å². The van der Waals surface area contributed by atoms with E-state index in [9.17, 15) is 0 Å². The summed E-state index contributed by atoms with van der Waals surface area (Å²) in [7, 11) is 2.13. The molecule has 4 heteroatoms. The maximum Gasteiger partial charge on any atom is 0.132 e. The first-order valence-electron chi connectivity index (χ1n) is 6.88. The van der Waals surface area contributed by atoms with E-state index in [2.05, 4.69) is 41.8 Å². The van der Waals surface area contributed by atoms with Crippen LogP contribution in [0.15, 0.2) is 12.4 Å². The minimum atomic E-state index is 0.439. The summed E-state index contributed by atoms with van der Waals surface area (Å²) in [5, 5.41) is 0. The molecule has 4 nitrogen and oxygen atoms in total. The SMILES string of the molecule is CC(C)c1cc(N(C)C2CCCC2CN)ncn1. The Morgan fingerprint density at radius 1 is 1.39 bits per heavy atom. The first-order valence-corrected chi connectivity index (χ1v) is 6.88. The zero-order valence-corrected chi connectivity index (χ0v) is 11.6. The zero-order chi connectivity index (χ0) is 13.1. The van der Waals surface area contributed by atoms with Gasteiger partial charge in [-0.2, -0.15) is 0 Å². The van der Waals surface area contributed by atoms with E-state index < -0.39 is 0 Å². The molecule has 0 spiro atoms. The standard InChI is InChI=1S/C14H24N4/c1-10(2)12-7-14(17-9-16-12)18(3)13-6-4-5-11(13)8-15/h7,9-11,13H,4-6,8,15H2,1-3H3. The summed E-state index contributed by atoms with van der Waals surface area (Å²) in [6.45, 7) is 5.09. The van der Waals surface area contributed by atoms with Crippen molar-refractivity contribution in [3.05, 3.63) is 18.1 Å². The summed E-state index contributed by atoms with van der Waals surface area (Å²) in [5.74, 6) is 2.07. The second kappa shape index (κ2) is 5.65. The highest BCUT2D eigenvalue weighted by Gasteiger charge is 2.30. The molecule has 0 aromatic carbocycles. The molecule has 0 bridgehead atoms. The highest BCUT2D eigenvalue weighted by atomic mass is 15.2. The van der Waals surface area contributed by atoms with Crippen molar-refractivity contribution in [3.63, 3.8) is 0 Å². The molecule has 0 saturated heterocycles. The Hall–Kier alpha value is -1.16. The highest BCUT2D eigenvalue weighted by molar-refractivity contribution is 5.40. The first kappa shape index (κ1) is 13.3. The molecule has 1 aliphatic rings. The van der Waals surface area contributed by atoms with E-state index in [4.69, 9.17) is 5.73 Å². The van der Waals surface area contributed by atoms with Crippen LogP contribution in [-0.2, 0) is 0 Å². The van der Waals surface area contributed by atoms with Gasteiger partial charge in [0.1, 0.15) is 12.1 Å². The normalized spacial score (nSPS) is 23.6. The van der Waals surface area contributed by atoms with Crippen LogP contribution in [0.3, 0.4) is 0 Å². The van der Waals surface area contributed by atoms with E-state index in [1.54, 1.807) is 6.33 Å². The Labute approximate surface area is 110 Å². The molecule has 100 valence electrons. The summed E-state index contributed by atoms with van der Waals surface area (Å²) in [6, 6.07) is 2.64. The topological polar surface area (TPSA) is 55.0 Å². The Balaban J connectivity index is 2.17. The number of aromatic nitrogens is 2. The number of nitrogens with zero attached hydrogens (tertiary/aromatic N) is 3. The van der Waals surface area contributed by atoms with Gasteiger partial charge in [-0.3, -0.25) is 0 Å². The number of hydrogen-bond donors (Lipinski definition) is 1. The lowest BCUT2D eigenvalue weighted by Gasteiger charge is -2.30. The summed E-state index contributed by atoms with van der Waals surface area (Å²) in [5.41, 5.74) is 6.96. The molecule has 2 unspecified atom stereocenters. The number of nitrogens with two attached hydrogens (primary N) is 1. The van der Waals surface area contributed by atoms with Crippen molar-refractivity contribution in [3.8, 4) is 0 Å². The quantitative estimate of drug-likeness (QED) is 0.887. The second-order valence-electron chi connectivity index (χ2n) is 5.56. The van der Waals surface area contributed by atoms with Crippen molar-refractivity contribution in [2.45, 2.75) is 45.1 Å². The second-order valence-corrected chi connectivity index (χ2v) is 5.56. The molecule has 0 amide bonds. The van der Waals surface area contributed by atoms with E-state index >= 15 is 0 Å². The molecule has 0 aliphatic heterocycles. The van der Waals surface area contributed by atoms with Crippen LogP contribution in [0.1, 0.15) is 44.7 Å². The van der Waals surface area contributed by atoms with Gasteiger partial charge in [-0.1, -0.05) is 20.3 Å². The van der Waals surface area contributed by atoms with Gasteiger partial charge < -0.3 is 10.6 Å². The van der Waals surface area contributed by atoms with Gasteiger partial charge in [0, 0.05) is 24.8 Å². The van der Waals surface area contributed by atoms with Gasteiger partial charge in [0.2, 0.25) is 0 Å². The maximum atomic E-state index is 5.86. The molecular formula is C14H24N4. The van der Waals surface area contributed by atoms with Gasteiger partial charge in [0.15, 0.2) is 0 Å². The number of hydrogen-bond acceptors (Lipinski definition) is 4. The van der Waals surface area contributed by atoms with Crippen molar-refractivity contribution in [1.29, 1.82) is 0 Å². The monoisotopic (exact) mass is 248 g/mol. The fourth-order valence-electron chi connectivity index (χ4n) is 2.84. The van der Waals surface area contributed by atoms with Crippen molar-refractivity contribution >= 4 is 5.82 Å². The molecule has 1 fully saturated rings. The van der Waals surface area contributed by atoms with E-state index in [0.29, 0.717) is 17.9 Å². The smallest absolute Gasteiger partial charge is 0.132 e. The maximum absolute atomic E-state index is 5.86. The van der Waals surface area contributed by atoms with E-state index in [0.717, 1.165) is 18.1 Å². The third-order valence-corrected chi connectivity index (χ3v) is 4.05. The summed E-state index contributed by atoms with van der Waals surface area (Å²) >= 11 is 0. The summed E-state index contributed by atoms with van der Waals surface area (Å²) in [6.07, 6.45) is 5.42. The van der Waals surface area contributed by atoms with Gasteiger partial charge in [-0.15, -0.1) is 0 Å². The number of rotatable bonds is 4. The van der Waals surface area contributed by atoms with Gasteiger partial charge >= 0.3 is 0 Å². The molecule has 1 aromatic rings. The van der Waals surface area contributed by atoms with Crippen LogP contribution in [0.5, 0.6) is 0 Å². The van der Waals surface area contributed by atoms with Crippen LogP contribution >= 0.6 is 0 Å². The highest BCUT2D eigenvalue weighted by Crippen LogP contribution is 2.31. The number of anilines is 1. The van der Waals surface area contributed by atoms with Gasteiger partial charge in [-0.25, -0.2) is 9.97 Å². The van der Waals surface area contributed by atoms with Crippen molar-refractivity contribution in [2.75, 3.05) is 18.5 Å². The lowest BCUT2D eigenvalue weighted by Crippen LogP contribution is -2.38. The Morgan fingerprint density at radius 3 is 2.83 bits per heavy atom. The third kappa shape index (κ3) is 2.64. The van der Waals surface area contributed by atoms with Gasteiger partial charge in [0.25, 0.3) is 0 Å². The molecule has 0 radical (unpaired) electrons. The Morgan fingerprint density at radius 2 is 2.17 bits per heavy atom. The van der Waals surface area contributed by atoms with Crippen LogP contribution in [0.4, 0.5) is 5.82 Å². The van der Waals surface area contributed by atoms with Crippen LogP contribution in [0, 0.1) is 5.92 Å². The molecule has 2 N–H and O–H groups in total. The minimum Gasteiger partial charge on any atom is -0.356 e. The van der Waals surface area contributed by atoms with Gasteiger partial charge in [0.05, 0.1) is 0 Å². The van der Waals surface area contributed by atoms with Gasteiger partial charge in [-0.05, 0) is 31.2 Å². The molecule has 2 atom stereocenters. The first-order chi connectivity index (χ1) is 8.63. The summed E-state index contributed by atoms with van der Waals surface area (Å²) in [4.78, 5) is 11.0. The third-order valence-electron chi connectivity index (χ3n) is 4.05. The molecule has 1 heterocycles. The Bertz CT molecular complexity index is 391. The predicted octanol–water partition coefficient (Wildman–Crippen LogP) is 2.16. The lowest BCUT2D eigenvalue weighted by atomic mass is 10.0. The van der Waals surface area contributed by atoms with E-state index in [1.165, 1.54) is 19.3 Å². The largest absolute Gasteiger partial charge is 0.356 e. The minimum absolute atomic E-state index is 0.439. The predicted molar refractivity (Wildman–Crippen MR) is 74.7 cm³/mol.